The molecule has 0 spiro atoms. The number of sulfonamides is 1. The van der Waals surface area contributed by atoms with E-state index in [2.05, 4.69) is 6.07 Å². The van der Waals surface area contributed by atoms with Crippen molar-refractivity contribution in [3.05, 3.63) is 89.5 Å². The topological polar surface area (TPSA) is 78.2 Å². The van der Waals surface area contributed by atoms with Gasteiger partial charge in [0, 0.05) is 0 Å². The van der Waals surface area contributed by atoms with Gasteiger partial charge in [0.05, 0.1) is 23.7 Å². The number of hydrogen-bond acceptors (Lipinski definition) is 4. The van der Waals surface area contributed by atoms with Crippen LogP contribution in [-0.4, -0.2) is 18.6 Å². The van der Waals surface area contributed by atoms with Crippen molar-refractivity contribution in [3.63, 3.8) is 0 Å². The molecule has 0 bridgehead atoms. The van der Waals surface area contributed by atoms with Crippen LogP contribution in [0.4, 0.5) is 0 Å². The lowest BCUT2D eigenvalue weighted by molar-refractivity contribution is 0.0865. The van der Waals surface area contributed by atoms with E-state index in [4.69, 9.17) is 0 Å². The van der Waals surface area contributed by atoms with Crippen molar-refractivity contribution in [1.29, 1.82) is 5.26 Å². The Bertz CT molecular complexity index is 1190. The van der Waals surface area contributed by atoms with E-state index in [0.717, 1.165) is 15.4 Å². The number of rotatable bonds is 3. The second kappa shape index (κ2) is 6.38. The first kappa shape index (κ1) is 17.0. The molecule has 3 aromatic rings. The van der Waals surface area contributed by atoms with Crippen molar-refractivity contribution < 1.29 is 13.2 Å². The molecule has 1 aliphatic rings. The molecule has 1 aliphatic heterocycles. The summed E-state index contributed by atoms with van der Waals surface area (Å²) in [6, 6.07) is 22.9. The second-order valence-electron chi connectivity index (χ2n) is 6.17. The van der Waals surface area contributed by atoms with Gasteiger partial charge in [0.2, 0.25) is 0 Å². The van der Waals surface area contributed by atoms with Crippen LogP contribution >= 0.6 is 0 Å². The smallest absolute Gasteiger partial charge is 0.268 e. The fraction of sp³-hybridized carbons (Fsp3) is 0.0476. The van der Waals surface area contributed by atoms with Crippen LogP contribution < -0.4 is 0 Å². The molecular weight excluding hydrogens is 360 g/mol. The predicted molar refractivity (Wildman–Crippen MR) is 100 cm³/mol. The Morgan fingerprint density at radius 3 is 2.15 bits per heavy atom. The minimum atomic E-state index is -3.83. The number of hydrogen-bond donors (Lipinski definition) is 0. The Balaban J connectivity index is 1.64. The number of carbonyl (C=O) groups excluding carboxylic acids is 1. The molecule has 1 amide bonds. The zero-order valence-corrected chi connectivity index (χ0v) is 15.0. The maximum Gasteiger partial charge on any atom is 0.269 e. The van der Waals surface area contributed by atoms with E-state index in [1.165, 1.54) is 12.1 Å². The minimum Gasteiger partial charge on any atom is -0.268 e. The lowest BCUT2D eigenvalue weighted by Gasteiger charge is -2.15. The summed E-state index contributed by atoms with van der Waals surface area (Å²) in [7, 11) is -3.83. The summed E-state index contributed by atoms with van der Waals surface area (Å²) in [5.74, 6) is -0.510. The Morgan fingerprint density at radius 1 is 0.852 bits per heavy atom. The third-order valence-corrected chi connectivity index (χ3v) is 6.34. The van der Waals surface area contributed by atoms with Crippen molar-refractivity contribution in [2.24, 2.45) is 0 Å². The lowest BCUT2D eigenvalue weighted by atomic mass is 9.99. The maximum atomic E-state index is 12.6. The summed E-state index contributed by atoms with van der Waals surface area (Å²) in [5, 5.41) is 9.24. The highest BCUT2D eigenvalue weighted by molar-refractivity contribution is 7.90. The van der Waals surface area contributed by atoms with Gasteiger partial charge in [0.15, 0.2) is 0 Å². The molecular formula is C21H14N2O3S. The first-order chi connectivity index (χ1) is 13.0. The molecule has 0 unspecified atom stereocenters. The van der Waals surface area contributed by atoms with Crippen LogP contribution in [0.1, 0.15) is 21.5 Å². The van der Waals surface area contributed by atoms with Crippen LogP contribution in [0.2, 0.25) is 0 Å². The molecule has 0 saturated carbocycles. The van der Waals surface area contributed by atoms with Crippen molar-refractivity contribution in [1.82, 2.24) is 4.31 Å². The average Bonchev–Trinajstić information content (AvgIpc) is 2.89. The van der Waals surface area contributed by atoms with Gasteiger partial charge >= 0.3 is 0 Å². The summed E-state index contributed by atoms with van der Waals surface area (Å²) in [6.45, 7) is -0.0317. The fourth-order valence-corrected chi connectivity index (χ4v) is 4.73. The molecule has 0 atom stereocenters. The van der Waals surface area contributed by atoms with E-state index in [1.807, 2.05) is 24.3 Å². The largest absolute Gasteiger partial charge is 0.269 e. The third kappa shape index (κ3) is 2.78. The Labute approximate surface area is 157 Å². The standard InChI is InChI=1S/C21H14N2O3S/c22-13-17-5-1-2-6-18(17)16-11-9-15(10-12-16)14-23-21(24)19-7-3-4-8-20(19)27(23,25)26/h1-12H,14H2. The van der Waals surface area contributed by atoms with Gasteiger partial charge in [-0.1, -0.05) is 54.6 Å². The molecule has 1 heterocycles. The molecule has 0 aliphatic carbocycles. The first-order valence-electron chi connectivity index (χ1n) is 8.27. The van der Waals surface area contributed by atoms with Crippen molar-refractivity contribution in [2.45, 2.75) is 11.4 Å². The van der Waals surface area contributed by atoms with Gasteiger partial charge < -0.3 is 0 Å². The summed E-state index contributed by atoms with van der Waals surface area (Å²) in [4.78, 5) is 12.5. The SMILES string of the molecule is N#Cc1ccccc1-c1ccc(CN2C(=O)c3ccccc3S2(=O)=O)cc1. The van der Waals surface area contributed by atoms with Crippen LogP contribution in [-0.2, 0) is 16.6 Å². The molecule has 0 saturated heterocycles. The van der Waals surface area contributed by atoms with Gasteiger partial charge in [-0.15, -0.1) is 0 Å². The normalized spacial score (nSPS) is 14.6. The molecule has 3 aromatic carbocycles. The summed E-state index contributed by atoms with van der Waals surface area (Å²) in [6.07, 6.45) is 0. The molecule has 0 aromatic heterocycles. The van der Waals surface area contributed by atoms with E-state index in [9.17, 15) is 18.5 Å². The van der Waals surface area contributed by atoms with E-state index in [1.54, 1.807) is 36.4 Å². The number of nitriles is 1. The number of amides is 1. The highest BCUT2D eigenvalue weighted by atomic mass is 32.2. The van der Waals surface area contributed by atoms with Crippen LogP contribution in [0.15, 0.2) is 77.7 Å². The predicted octanol–water partition coefficient (Wildman–Crippen LogP) is 3.57. The van der Waals surface area contributed by atoms with Crippen molar-refractivity contribution in [3.8, 4) is 17.2 Å². The van der Waals surface area contributed by atoms with Gasteiger partial charge in [-0.2, -0.15) is 5.26 Å². The van der Waals surface area contributed by atoms with E-state index < -0.39 is 15.9 Å². The number of carbonyl (C=O) groups is 1. The minimum absolute atomic E-state index is 0.0317. The second-order valence-corrected chi connectivity index (χ2v) is 8.00. The van der Waals surface area contributed by atoms with Gasteiger partial charge in [0.25, 0.3) is 15.9 Å². The fourth-order valence-electron chi connectivity index (χ4n) is 3.18. The summed E-state index contributed by atoms with van der Waals surface area (Å²) < 4.78 is 26.2. The monoisotopic (exact) mass is 374 g/mol. The van der Waals surface area contributed by atoms with Gasteiger partial charge in [-0.25, -0.2) is 12.7 Å². The van der Waals surface area contributed by atoms with Crippen LogP contribution in [0.25, 0.3) is 11.1 Å². The highest BCUT2D eigenvalue weighted by Crippen LogP contribution is 2.31. The molecule has 0 fully saturated rings. The molecule has 0 N–H and O–H groups in total. The number of benzene rings is 3. The van der Waals surface area contributed by atoms with Gasteiger partial charge in [-0.05, 0) is 34.9 Å². The van der Waals surface area contributed by atoms with E-state index in [0.29, 0.717) is 11.1 Å². The molecule has 27 heavy (non-hydrogen) atoms. The van der Waals surface area contributed by atoms with E-state index in [-0.39, 0.29) is 17.0 Å². The maximum absolute atomic E-state index is 12.6. The summed E-state index contributed by atoms with van der Waals surface area (Å²) >= 11 is 0. The Hall–Kier alpha value is -3.43. The van der Waals surface area contributed by atoms with Crippen LogP contribution in [0, 0.1) is 11.3 Å². The highest BCUT2D eigenvalue weighted by Gasteiger charge is 2.40. The van der Waals surface area contributed by atoms with Gasteiger partial charge in [-0.3, -0.25) is 4.79 Å². The number of fused-ring (bicyclic) bond motifs is 1. The van der Waals surface area contributed by atoms with E-state index >= 15 is 0 Å². The molecule has 6 heteroatoms. The number of nitrogens with zero attached hydrogens (tertiary/aromatic N) is 2. The first-order valence-corrected chi connectivity index (χ1v) is 9.71. The molecule has 132 valence electrons. The average molecular weight is 374 g/mol. The van der Waals surface area contributed by atoms with Crippen molar-refractivity contribution in [2.75, 3.05) is 0 Å². The van der Waals surface area contributed by atoms with Crippen LogP contribution in [0.3, 0.4) is 0 Å². The lowest BCUT2D eigenvalue weighted by Crippen LogP contribution is -2.29. The zero-order valence-electron chi connectivity index (χ0n) is 14.2. The Kier molecular flexibility index (Phi) is 4.02. The third-order valence-electron chi connectivity index (χ3n) is 4.55. The van der Waals surface area contributed by atoms with Gasteiger partial charge in [0.1, 0.15) is 4.90 Å². The van der Waals surface area contributed by atoms with Crippen molar-refractivity contribution >= 4 is 15.9 Å². The molecule has 5 nitrogen and oxygen atoms in total. The zero-order chi connectivity index (χ0) is 19.0. The molecule has 4 rings (SSSR count). The molecule has 0 radical (unpaired) electrons. The summed E-state index contributed by atoms with van der Waals surface area (Å²) in [5.41, 5.74) is 3.13. The quantitative estimate of drug-likeness (QED) is 0.702. The van der Waals surface area contributed by atoms with Crippen LogP contribution in [0.5, 0.6) is 0 Å². The Morgan fingerprint density at radius 2 is 1.48 bits per heavy atom.